The van der Waals surface area contributed by atoms with Crippen molar-refractivity contribution >= 4 is 12.1 Å². The van der Waals surface area contributed by atoms with E-state index in [1.807, 2.05) is 30.3 Å². The van der Waals surface area contributed by atoms with Crippen LogP contribution in [0.4, 0.5) is 0 Å². The number of likely N-dealkylation sites (N-methyl/N-ethyl adjacent to an activating group) is 1. The first kappa shape index (κ1) is 15.5. The van der Waals surface area contributed by atoms with Crippen molar-refractivity contribution in [1.82, 2.24) is 10.2 Å². The Morgan fingerprint density at radius 2 is 2.29 bits per heavy atom. The molecule has 0 spiro atoms. The van der Waals surface area contributed by atoms with Crippen molar-refractivity contribution in [1.29, 1.82) is 0 Å². The Kier molecular flexibility index (Phi) is 6.22. The fourth-order valence-electron chi connectivity index (χ4n) is 2.58. The third-order valence-electron chi connectivity index (χ3n) is 3.74. The lowest BCUT2D eigenvalue weighted by Crippen LogP contribution is -2.40. The quantitative estimate of drug-likeness (QED) is 0.615. The Hall–Kier alpha value is -1.88. The summed E-state index contributed by atoms with van der Waals surface area (Å²) in [5, 5.41) is 6.58. The van der Waals surface area contributed by atoms with Crippen LogP contribution in [0.5, 0.6) is 0 Å². The summed E-state index contributed by atoms with van der Waals surface area (Å²) in [5.74, 6) is -0.203. The molecule has 1 amide bonds. The molecule has 0 bridgehead atoms. The van der Waals surface area contributed by atoms with Crippen LogP contribution in [0.3, 0.4) is 0 Å². The number of rotatable bonds is 7. The number of carbonyl (C=O) groups excluding carboxylic acids is 1. The van der Waals surface area contributed by atoms with Gasteiger partial charge in [-0.05, 0) is 31.5 Å². The summed E-state index contributed by atoms with van der Waals surface area (Å²) in [4.78, 5) is 19.1. The van der Waals surface area contributed by atoms with Crippen LogP contribution in [0.25, 0.3) is 0 Å². The molecular formula is C16H23N3O2. The number of oxime groups is 1. The number of likely N-dealkylation sites (tertiary alicyclic amines) is 1. The first-order valence-corrected chi connectivity index (χ1v) is 7.50. The summed E-state index contributed by atoms with van der Waals surface area (Å²) in [6, 6.07) is 10.2. The average Bonchev–Trinajstić information content (AvgIpc) is 2.98. The fourth-order valence-corrected chi connectivity index (χ4v) is 2.58. The van der Waals surface area contributed by atoms with Crippen LogP contribution in [0.15, 0.2) is 35.5 Å². The van der Waals surface area contributed by atoms with Gasteiger partial charge in [0.15, 0.2) is 0 Å². The predicted octanol–water partition coefficient (Wildman–Crippen LogP) is 1.79. The molecule has 114 valence electrons. The zero-order valence-corrected chi connectivity index (χ0v) is 12.5. The van der Waals surface area contributed by atoms with Gasteiger partial charge in [0.2, 0.25) is 0 Å². The van der Waals surface area contributed by atoms with Gasteiger partial charge in [-0.15, -0.1) is 0 Å². The lowest BCUT2D eigenvalue weighted by molar-refractivity contribution is -0.114. The normalized spacial score (nSPS) is 19.0. The minimum atomic E-state index is -0.203. The highest BCUT2D eigenvalue weighted by atomic mass is 16.6. The van der Waals surface area contributed by atoms with Crippen molar-refractivity contribution in [2.24, 2.45) is 5.16 Å². The second-order valence-electron chi connectivity index (χ2n) is 5.16. The minimum Gasteiger partial charge on any atom is -0.391 e. The van der Waals surface area contributed by atoms with Gasteiger partial charge < -0.3 is 10.2 Å². The molecule has 0 saturated carbocycles. The summed E-state index contributed by atoms with van der Waals surface area (Å²) in [6.45, 7) is 5.37. The molecule has 0 radical (unpaired) electrons. The molecular weight excluding hydrogens is 266 g/mol. The van der Waals surface area contributed by atoms with Gasteiger partial charge in [0.25, 0.3) is 5.91 Å². The molecule has 1 aliphatic heterocycles. The van der Waals surface area contributed by atoms with Gasteiger partial charge in [0.05, 0.1) is 0 Å². The summed E-state index contributed by atoms with van der Waals surface area (Å²) >= 11 is 0. The highest BCUT2D eigenvalue weighted by molar-refractivity contribution is 6.26. The van der Waals surface area contributed by atoms with E-state index in [0.29, 0.717) is 19.2 Å². The van der Waals surface area contributed by atoms with Crippen LogP contribution in [-0.4, -0.2) is 42.7 Å². The highest BCUT2D eigenvalue weighted by Gasteiger charge is 2.22. The van der Waals surface area contributed by atoms with E-state index in [0.717, 1.165) is 25.1 Å². The number of benzene rings is 1. The van der Waals surface area contributed by atoms with Crippen molar-refractivity contribution in [2.75, 3.05) is 19.6 Å². The number of amides is 1. The van der Waals surface area contributed by atoms with Crippen LogP contribution in [0.1, 0.15) is 25.3 Å². The van der Waals surface area contributed by atoms with E-state index in [1.165, 1.54) is 12.6 Å². The standard InChI is InChI=1S/C16H23N3O2/c1-2-19-10-6-9-15(19)11-17-16(20)12-18-21-13-14-7-4-3-5-8-14/h3-5,7-8,12,15H,2,6,9-11,13H2,1H3,(H,17,20)/b18-12+/t15-/m0/s1. The number of hydrogen-bond donors (Lipinski definition) is 1. The molecule has 0 unspecified atom stereocenters. The van der Waals surface area contributed by atoms with E-state index >= 15 is 0 Å². The van der Waals surface area contributed by atoms with Gasteiger partial charge in [0.1, 0.15) is 12.8 Å². The lowest BCUT2D eigenvalue weighted by atomic mass is 10.2. The monoisotopic (exact) mass is 289 g/mol. The van der Waals surface area contributed by atoms with Crippen LogP contribution < -0.4 is 5.32 Å². The fraction of sp³-hybridized carbons (Fsp3) is 0.500. The SMILES string of the molecule is CCN1CCC[C@H]1CNC(=O)/C=N/OCc1ccccc1. The summed E-state index contributed by atoms with van der Waals surface area (Å²) in [7, 11) is 0. The van der Waals surface area contributed by atoms with Crippen molar-refractivity contribution in [3.05, 3.63) is 35.9 Å². The van der Waals surface area contributed by atoms with Crippen LogP contribution >= 0.6 is 0 Å². The maximum Gasteiger partial charge on any atom is 0.265 e. The molecule has 5 heteroatoms. The topological polar surface area (TPSA) is 53.9 Å². The largest absolute Gasteiger partial charge is 0.391 e. The maximum atomic E-state index is 11.6. The van der Waals surface area contributed by atoms with E-state index < -0.39 is 0 Å². The third kappa shape index (κ3) is 5.19. The Labute approximate surface area is 126 Å². The van der Waals surface area contributed by atoms with Gasteiger partial charge in [-0.25, -0.2) is 0 Å². The number of carbonyl (C=O) groups is 1. The van der Waals surface area contributed by atoms with E-state index in [-0.39, 0.29) is 5.91 Å². The van der Waals surface area contributed by atoms with Crippen LogP contribution in [-0.2, 0) is 16.2 Å². The minimum absolute atomic E-state index is 0.203. The molecule has 1 fully saturated rings. The number of nitrogens with zero attached hydrogens (tertiary/aromatic N) is 2. The molecule has 5 nitrogen and oxygen atoms in total. The third-order valence-corrected chi connectivity index (χ3v) is 3.74. The Balaban J connectivity index is 1.64. The van der Waals surface area contributed by atoms with Crippen molar-refractivity contribution < 1.29 is 9.63 Å². The molecule has 1 atom stereocenters. The van der Waals surface area contributed by atoms with Gasteiger partial charge in [0, 0.05) is 12.6 Å². The first-order valence-electron chi connectivity index (χ1n) is 7.50. The molecule has 1 aromatic carbocycles. The smallest absolute Gasteiger partial charge is 0.265 e. The van der Waals surface area contributed by atoms with Crippen molar-refractivity contribution in [2.45, 2.75) is 32.4 Å². The van der Waals surface area contributed by atoms with Gasteiger partial charge in [-0.1, -0.05) is 42.4 Å². The zero-order chi connectivity index (χ0) is 14.9. The van der Waals surface area contributed by atoms with Crippen molar-refractivity contribution in [3.63, 3.8) is 0 Å². The second kappa shape index (κ2) is 8.42. The Bertz CT molecular complexity index is 462. The molecule has 1 N–H and O–H groups in total. The Morgan fingerprint density at radius 3 is 3.05 bits per heavy atom. The molecule has 1 heterocycles. The van der Waals surface area contributed by atoms with Crippen LogP contribution in [0.2, 0.25) is 0 Å². The maximum absolute atomic E-state index is 11.6. The van der Waals surface area contributed by atoms with E-state index in [1.54, 1.807) is 0 Å². The lowest BCUT2D eigenvalue weighted by Gasteiger charge is -2.22. The zero-order valence-electron chi connectivity index (χ0n) is 12.5. The molecule has 0 aliphatic carbocycles. The summed E-state index contributed by atoms with van der Waals surface area (Å²) < 4.78 is 0. The molecule has 1 saturated heterocycles. The van der Waals surface area contributed by atoms with E-state index in [2.05, 4.69) is 22.3 Å². The predicted molar refractivity (Wildman–Crippen MR) is 83.0 cm³/mol. The van der Waals surface area contributed by atoms with E-state index in [9.17, 15) is 4.79 Å². The Morgan fingerprint density at radius 1 is 1.48 bits per heavy atom. The second-order valence-corrected chi connectivity index (χ2v) is 5.16. The van der Waals surface area contributed by atoms with E-state index in [4.69, 9.17) is 4.84 Å². The summed E-state index contributed by atoms with van der Waals surface area (Å²) in [5.41, 5.74) is 1.03. The van der Waals surface area contributed by atoms with Crippen molar-refractivity contribution in [3.8, 4) is 0 Å². The number of nitrogens with one attached hydrogen (secondary N) is 1. The molecule has 0 aromatic heterocycles. The van der Waals surface area contributed by atoms with Gasteiger partial charge >= 0.3 is 0 Å². The molecule has 21 heavy (non-hydrogen) atoms. The van der Waals surface area contributed by atoms with Crippen LogP contribution in [0, 0.1) is 0 Å². The highest BCUT2D eigenvalue weighted by Crippen LogP contribution is 2.15. The molecule has 1 aliphatic rings. The first-order chi connectivity index (χ1) is 10.3. The number of hydrogen-bond acceptors (Lipinski definition) is 4. The average molecular weight is 289 g/mol. The van der Waals surface area contributed by atoms with Gasteiger partial charge in [-0.3, -0.25) is 9.69 Å². The molecule has 2 rings (SSSR count). The summed E-state index contributed by atoms with van der Waals surface area (Å²) in [6.07, 6.45) is 3.56. The van der Waals surface area contributed by atoms with Gasteiger partial charge in [-0.2, -0.15) is 0 Å². The molecule has 1 aromatic rings.